The first-order chi connectivity index (χ1) is 11.8. The molecule has 122 valence electrons. The quantitative estimate of drug-likeness (QED) is 0.751. The number of carbonyl (C=O) groups excluding carboxylic acids is 1. The Morgan fingerprint density at radius 1 is 1.08 bits per heavy atom. The molecule has 1 aromatic carbocycles. The van der Waals surface area contributed by atoms with Crippen molar-refractivity contribution in [3.63, 3.8) is 0 Å². The van der Waals surface area contributed by atoms with E-state index < -0.39 is 0 Å². The molecule has 4 rings (SSSR count). The summed E-state index contributed by atoms with van der Waals surface area (Å²) in [4.78, 5) is 24.6. The van der Waals surface area contributed by atoms with E-state index in [1.165, 1.54) is 0 Å². The van der Waals surface area contributed by atoms with Crippen LogP contribution < -0.4 is 4.90 Å². The molecule has 3 aromatic rings. The van der Waals surface area contributed by atoms with Crippen LogP contribution in [0, 0.1) is 0 Å². The third-order valence-corrected chi connectivity index (χ3v) is 4.59. The van der Waals surface area contributed by atoms with Crippen LogP contribution >= 0.6 is 0 Å². The fraction of sp³-hybridized carbons (Fsp3) is 0.263. The van der Waals surface area contributed by atoms with Crippen molar-refractivity contribution < 1.29 is 4.79 Å². The first-order valence-corrected chi connectivity index (χ1v) is 8.28. The van der Waals surface area contributed by atoms with E-state index in [-0.39, 0.29) is 5.78 Å². The van der Waals surface area contributed by atoms with Crippen LogP contribution in [0.25, 0.3) is 10.9 Å². The lowest BCUT2D eigenvalue weighted by atomic mass is 10.1. The number of hydrogen-bond donors (Lipinski definition) is 1. The van der Waals surface area contributed by atoms with Crippen molar-refractivity contribution in [1.29, 1.82) is 0 Å². The summed E-state index contributed by atoms with van der Waals surface area (Å²) >= 11 is 0. The molecule has 0 amide bonds. The SMILES string of the molecule is O=C(CN1CCN(c2ccccn2)CC1)c1ccc2cc[nH]c2c1. The normalized spacial score (nSPS) is 15.8. The van der Waals surface area contributed by atoms with Crippen LogP contribution in [0.4, 0.5) is 5.82 Å². The van der Waals surface area contributed by atoms with Gasteiger partial charge in [-0.3, -0.25) is 9.69 Å². The van der Waals surface area contributed by atoms with Gasteiger partial charge in [0.25, 0.3) is 0 Å². The molecule has 0 atom stereocenters. The number of aromatic nitrogens is 2. The fourth-order valence-corrected chi connectivity index (χ4v) is 3.19. The Morgan fingerprint density at radius 2 is 1.96 bits per heavy atom. The third kappa shape index (κ3) is 3.03. The first kappa shape index (κ1) is 14.9. The van der Waals surface area contributed by atoms with Crippen LogP contribution in [-0.4, -0.2) is 53.4 Å². The van der Waals surface area contributed by atoms with Gasteiger partial charge in [0.15, 0.2) is 5.78 Å². The topological polar surface area (TPSA) is 52.2 Å². The molecule has 1 saturated heterocycles. The van der Waals surface area contributed by atoms with Gasteiger partial charge in [-0.05, 0) is 29.7 Å². The number of nitrogens with one attached hydrogen (secondary N) is 1. The predicted molar refractivity (Wildman–Crippen MR) is 95.5 cm³/mol. The number of piperazine rings is 1. The van der Waals surface area contributed by atoms with Gasteiger partial charge < -0.3 is 9.88 Å². The molecule has 1 fully saturated rings. The predicted octanol–water partition coefficient (Wildman–Crippen LogP) is 2.57. The minimum atomic E-state index is 0.179. The molecule has 5 heteroatoms. The molecule has 1 N–H and O–H groups in total. The fourth-order valence-electron chi connectivity index (χ4n) is 3.19. The van der Waals surface area contributed by atoms with Gasteiger partial charge in [0.05, 0.1) is 6.54 Å². The molecule has 0 saturated carbocycles. The van der Waals surface area contributed by atoms with E-state index in [2.05, 4.69) is 19.8 Å². The Labute approximate surface area is 140 Å². The number of carbonyl (C=O) groups is 1. The number of anilines is 1. The molecule has 24 heavy (non-hydrogen) atoms. The molecule has 0 aliphatic carbocycles. The van der Waals surface area contributed by atoms with Gasteiger partial charge in [0, 0.05) is 49.7 Å². The zero-order valence-corrected chi connectivity index (χ0v) is 13.5. The number of aromatic amines is 1. The van der Waals surface area contributed by atoms with Gasteiger partial charge in [-0.1, -0.05) is 18.2 Å². The Morgan fingerprint density at radius 3 is 2.75 bits per heavy atom. The molecule has 5 nitrogen and oxygen atoms in total. The lowest BCUT2D eigenvalue weighted by Crippen LogP contribution is -2.48. The van der Waals surface area contributed by atoms with Crippen LogP contribution in [0.15, 0.2) is 54.9 Å². The molecule has 0 bridgehead atoms. The van der Waals surface area contributed by atoms with Crippen LogP contribution in [0.3, 0.4) is 0 Å². The van der Waals surface area contributed by atoms with Gasteiger partial charge in [-0.25, -0.2) is 4.98 Å². The van der Waals surface area contributed by atoms with E-state index in [0.717, 1.165) is 48.5 Å². The van der Waals surface area contributed by atoms with Gasteiger partial charge in [-0.15, -0.1) is 0 Å². The summed E-state index contributed by atoms with van der Waals surface area (Å²) in [6.45, 7) is 4.04. The number of fused-ring (bicyclic) bond motifs is 1. The van der Waals surface area contributed by atoms with Crippen molar-refractivity contribution in [3.8, 4) is 0 Å². The smallest absolute Gasteiger partial charge is 0.176 e. The van der Waals surface area contributed by atoms with E-state index in [4.69, 9.17) is 0 Å². The summed E-state index contributed by atoms with van der Waals surface area (Å²) in [6.07, 6.45) is 3.72. The van der Waals surface area contributed by atoms with E-state index in [9.17, 15) is 4.79 Å². The van der Waals surface area contributed by atoms with Gasteiger partial charge in [-0.2, -0.15) is 0 Å². The van der Waals surface area contributed by atoms with E-state index in [1.807, 2.05) is 54.9 Å². The number of pyridine rings is 1. The number of ketones is 1. The zero-order chi connectivity index (χ0) is 16.4. The highest BCUT2D eigenvalue weighted by atomic mass is 16.1. The van der Waals surface area contributed by atoms with Gasteiger partial charge in [0.2, 0.25) is 0 Å². The van der Waals surface area contributed by atoms with Crippen molar-refractivity contribution in [3.05, 3.63) is 60.4 Å². The van der Waals surface area contributed by atoms with Crippen molar-refractivity contribution in [2.45, 2.75) is 0 Å². The number of H-pyrrole nitrogens is 1. The highest BCUT2D eigenvalue weighted by molar-refractivity contribution is 6.00. The molecule has 1 aliphatic heterocycles. The Hall–Kier alpha value is -2.66. The molecule has 3 heterocycles. The Kier molecular flexibility index (Phi) is 4.01. The van der Waals surface area contributed by atoms with Crippen LogP contribution in [0.1, 0.15) is 10.4 Å². The minimum Gasteiger partial charge on any atom is -0.361 e. The van der Waals surface area contributed by atoms with Crippen molar-refractivity contribution in [2.24, 2.45) is 0 Å². The number of Topliss-reactive ketones (excluding diaryl/α,β-unsaturated/α-hetero) is 1. The summed E-state index contributed by atoms with van der Waals surface area (Å²) in [5.74, 6) is 1.19. The lowest BCUT2D eigenvalue weighted by Gasteiger charge is -2.35. The molecule has 1 aliphatic rings. The molecule has 0 unspecified atom stereocenters. The third-order valence-electron chi connectivity index (χ3n) is 4.59. The van der Waals surface area contributed by atoms with E-state index >= 15 is 0 Å². The van der Waals surface area contributed by atoms with Crippen LogP contribution in [-0.2, 0) is 0 Å². The second-order valence-corrected chi connectivity index (χ2v) is 6.15. The zero-order valence-electron chi connectivity index (χ0n) is 13.5. The number of nitrogens with zero attached hydrogens (tertiary/aromatic N) is 3. The summed E-state index contributed by atoms with van der Waals surface area (Å²) < 4.78 is 0. The standard InChI is InChI=1S/C19H20N4O/c24-18(16-5-4-15-6-8-20-17(15)13-16)14-22-9-11-23(12-10-22)19-3-1-2-7-21-19/h1-8,13,20H,9-12,14H2. The maximum Gasteiger partial charge on any atom is 0.176 e. The van der Waals surface area contributed by atoms with Crippen molar-refractivity contribution in [2.75, 3.05) is 37.6 Å². The lowest BCUT2D eigenvalue weighted by molar-refractivity contribution is 0.0926. The highest BCUT2D eigenvalue weighted by Gasteiger charge is 2.20. The average molecular weight is 320 g/mol. The van der Waals surface area contributed by atoms with Gasteiger partial charge in [0.1, 0.15) is 5.82 Å². The first-order valence-electron chi connectivity index (χ1n) is 8.28. The molecular formula is C19H20N4O. The molecular weight excluding hydrogens is 300 g/mol. The molecule has 0 radical (unpaired) electrons. The van der Waals surface area contributed by atoms with Crippen LogP contribution in [0.2, 0.25) is 0 Å². The molecule has 2 aromatic heterocycles. The van der Waals surface area contributed by atoms with E-state index in [1.54, 1.807) is 0 Å². The van der Waals surface area contributed by atoms with E-state index in [0.29, 0.717) is 6.54 Å². The Balaban J connectivity index is 1.37. The second-order valence-electron chi connectivity index (χ2n) is 6.15. The number of hydrogen-bond acceptors (Lipinski definition) is 4. The largest absolute Gasteiger partial charge is 0.361 e. The molecule has 0 spiro atoms. The average Bonchev–Trinajstić information content (AvgIpc) is 3.11. The highest BCUT2D eigenvalue weighted by Crippen LogP contribution is 2.16. The summed E-state index contributed by atoms with van der Waals surface area (Å²) in [6, 6.07) is 13.9. The maximum atomic E-state index is 12.5. The summed E-state index contributed by atoms with van der Waals surface area (Å²) in [5, 5.41) is 1.13. The van der Waals surface area contributed by atoms with Gasteiger partial charge >= 0.3 is 0 Å². The van der Waals surface area contributed by atoms with Crippen LogP contribution in [0.5, 0.6) is 0 Å². The number of benzene rings is 1. The maximum absolute atomic E-state index is 12.5. The minimum absolute atomic E-state index is 0.179. The Bertz CT molecular complexity index is 835. The monoisotopic (exact) mass is 320 g/mol. The second kappa shape index (κ2) is 6.45. The summed E-state index contributed by atoms with van der Waals surface area (Å²) in [7, 11) is 0. The summed E-state index contributed by atoms with van der Waals surface area (Å²) in [5.41, 5.74) is 1.79. The van der Waals surface area contributed by atoms with Crippen molar-refractivity contribution >= 4 is 22.5 Å². The van der Waals surface area contributed by atoms with Crippen molar-refractivity contribution in [1.82, 2.24) is 14.9 Å². The number of rotatable bonds is 4.